The quantitative estimate of drug-likeness (QED) is 0.870. The van der Waals surface area contributed by atoms with Gasteiger partial charge in [0.15, 0.2) is 0 Å². The average Bonchev–Trinajstić information content (AvgIpc) is 2.47. The number of nitrogens with zero attached hydrogens (tertiary/aromatic N) is 2. The van der Waals surface area contributed by atoms with Crippen LogP contribution in [0.4, 0.5) is 11.4 Å². The summed E-state index contributed by atoms with van der Waals surface area (Å²) in [5.74, 6) is 0.176. The maximum absolute atomic E-state index is 12.3. The van der Waals surface area contributed by atoms with E-state index in [4.69, 9.17) is 0 Å². The summed E-state index contributed by atoms with van der Waals surface area (Å²) in [4.78, 5) is 18.4. The molecule has 5 nitrogen and oxygen atoms in total. The molecule has 104 valence electrons. The fourth-order valence-electron chi connectivity index (χ4n) is 2.36. The van der Waals surface area contributed by atoms with E-state index in [1.165, 1.54) is 6.42 Å². The van der Waals surface area contributed by atoms with Crippen LogP contribution in [0.3, 0.4) is 0 Å². The van der Waals surface area contributed by atoms with Crippen molar-refractivity contribution in [3.63, 3.8) is 0 Å². The van der Waals surface area contributed by atoms with E-state index >= 15 is 0 Å². The predicted molar refractivity (Wildman–Crippen MR) is 77.3 cm³/mol. The van der Waals surface area contributed by atoms with Gasteiger partial charge in [-0.25, -0.2) is 0 Å². The molecule has 0 saturated carbocycles. The van der Waals surface area contributed by atoms with Gasteiger partial charge in [-0.3, -0.25) is 9.78 Å². The van der Waals surface area contributed by atoms with Gasteiger partial charge in [-0.15, -0.1) is 0 Å². The van der Waals surface area contributed by atoms with Crippen molar-refractivity contribution in [3.8, 4) is 0 Å². The van der Waals surface area contributed by atoms with Gasteiger partial charge in [0.25, 0.3) is 0 Å². The lowest BCUT2D eigenvalue weighted by atomic mass is 10.1. The number of amides is 1. The first-order valence-corrected chi connectivity index (χ1v) is 6.89. The minimum Gasteiger partial charge on any atom is -0.387 e. The number of hydrogen-bond donors (Lipinski definition) is 2. The number of nitrogens with one attached hydrogen (secondary N) is 2. The topological polar surface area (TPSA) is 57.3 Å². The molecule has 1 aromatic heterocycles. The molecular formula is C14H22N4O. The molecule has 1 saturated heterocycles. The Kier molecular flexibility index (Phi) is 4.60. The third-order valence-electron chi connectivity index (χ3n) is 3.45. The zero-order valence-corrected chi connectivity index (χ0v) is 11.6. The SMILES string of the molecule is CNc1cncc(NC(C)C(=O)N2CCCCC2)c1. The van der Waals surface area contributed by atoms with E-state index in [1.54, 1.807) is 12.4 Å². The van der Waals surface area contributed by atoms with E-state index in [1.807, 2.05) is 24.9 Å². The van der Waals surface area contributed by atoms with Crippen LogP contribution in [0.25, 0.3) is 0 Å². The molecule has 0 bridgehead atoms. The monoisotopic (exact) mass is 262 g/mol. The van der Waals surface area contributed by atoms with Crippen LogP contribution in [-0.2, 0) is 4.79 Å². The first kappa shape index (κ1) is 13.6. The second-order valence-corrected chi connectivity index (χ2v) is 4.96. The van der Waals surface area contributed by atoms with Crippen LogP contribution in [0.15, 0.2) is 18.5 Å². The lowest BCUT2D eigenvalue weighted by Gasteiger charge is -2.29. The highest BCUT2D eigenvalue weighted by Gasteiger charge is 2.21. The maximum Gasteiger partial charge on any atom is 0.244 e. The smallest absolute Gasteiger partial charge is 0.244 e. The van der Waals surface area contributed by atoms with Crippen LogP contribution < -0.4 is 10.6 Å². The summed E-state index contributed by atoms with van der Waals surface area (Å²) in [5, 5.41) is 6.26. The molecule has 0 aliphatic carbocycles. The lowest BCUT2D eigenvalue weighted by molar-refractivity contribution is -0.132. The summed E-state index contributed by atoms with van der Waals surface area (Å²) in [6, 6.07) is 1.74. The molecule has 1 atom stereocenters. The van der Waals surface area contributed by atoms with Gasteiger partial charge in [0.1, 0.15) is 6.04 Å². The number of piperidine rings is 1. The van der Waals surface area contributed by atoms with Crippen molar-refractivity contribution in [3.05, 3.63) is 18.5 Å². The minimum atomic E-state index is -0.216. The molecule has 1 fully saturated rings. The third-order valence-corrected chi connectivity index (χ3v) is 3.45. The summed E-state index contributed by atoms with van der Waals surface area (Å²) in [5.41, 5.74) is 1.80. The summed E-state index contributed by atoms with van der Waals surface area (Å²) in [7, 11) is 1.85. The van der Waals surface area contributed by atoms with Crippen molar-refractivity contribution in [1.82, 2.24) is 9.88 Å². The van der Waals surface area contributed by atoms with Crippen molar-refractivity contribution in [2.45, 2.75) is 32.2 Å². The number of carbonyl (C=O) groups is 1. The highest BCUT2D eigenvalue weighted by atomic mass is 16.2. The van der Waals surface area contributed by atoms with E-state index in [9.17, 15) is 4.79 Å². The highest BCUT2D eigenvalue weighted by molar-refractivity contribution is 5.84. The Balaban J connectivity index is 1.95. The van der Waals surface area contributed by atoms with Crippen molar-refractivity contribution >= 4 is 17.3 Å². The van der Waals surface area contributed by atoms with Crippen LogP contribution in [0.5, 0.6) is 0 Å². The van der Waals surface area contributed by atoms with Crippen LogP contribution in [0.2, 0.25) is 0 Å². The molecule has 1 amide bonds. The Morgan fingerprint density at radius 2 is 1.95 bits per heavy atom. The molecular weight excluding hydrogens is 240 g/mol. The van der Waals surface area contributed by atoms with Crippen molar-refractivity contribution in [1.29, 1.82) is 0 Å². The van der Waals surface area contributed by atoms with Gasteiger partial charge in [0.05, 0.1) is 23.8 Å². The van der Waals surface area contributed by atoms with Crippen molar-refractivity contribution < 1.29 is 4.79 Å². The van der Waals surface area contributed by atoms with Gasteiger partial charge >= 0.3 is 0 Å². The summed E-state index contributed by atoms with van der Waals surface area (Å²) < 4.78 is 0. The number of anilines is 2. The Morgan fingerprint density at radius 3 is 2.63 bits per heavy atom. The minimum absolute atomic E-state index is 0.176. The summed E-state index contributed by atoms with van der Waals surface area (Å²) >= 11 is 0. The Labute approximate surface area is 114 Å². The van der Waals surface area contributed by atoms with Crippen LogP contribution in [0.1, 0.15) is 26.2 Å². The molecule has 1 unspecified atom stereocenters. The first-order chi connectivity index (χ1) is 9.20. The molecule has 0 spiro atoms. The Morgan fingerprint density at radius 1 is 1.26 bits per heavy atom. The Bertz CT molecular complexity index is 429. The zero-order chi connectivity index (χ0) is 13.7. The number of hydrogen-bond acceptors (Lipinski definition) is 4. The van der Waals surface area contributed by atoms with Crippen molar-refractivity contribution in [2.24, 2.45) is 0 Å². The number of likely N-dealkylation sites (tertiary alicyclic amines) is 1. The molecule has 19 heavy (non-hydrogen) atoms. The summed E-state index contributed by atoms with van der Waals surface area (Å²) in [6.07, 6.45) is 6.97. The van der Waals surface area contributed by atoms with Gasteiger partial charge in [-0.2, -0.15) is 0 Å². The molecule has 0 radical (unpaired) electrons. The normalized spacial score (nSPS) is 16.8. The van der Waals surface area contributed by atoms with Crippen LogP contribution >= 0.6 is 0 Å². The number of rotatable bonds is 4. The molecule has 0 aromatic carbocycles. The van der Waals surface area contributed by atoms with E-state index in [-0.39, 0.29) is 11.9 Å². The number of aromatic nitrogens is 1. The molecule has 2 heterocycles. The second-order valence-electron chi connectivity index (χ2n) is 4.96. The fraction of sp³-hybridized carbons (Fsp3) is 0.571. The maximum atomic E-state index is 12.3. The number of pyridine rings is 1. The largest absolute Gasteiger partial charge is 0.387 e. The predicted octanol–water partition coefficient (Wildman–Crippen LogP) is 1.94. The standard InChI is InChI=1S/C14H22N4O/c1-11(14(19)18-6-4-3-5-7-18)17-13-8-12(15-2)9-16-10-13/h8-11,15,17H,3-7H2,1-2H3. The molecule has 2 rings (SSSR count). The molecule has 1 aliphatic heterocycles. The third kappa shape index (κ3) is 3.59. The zero-order valence-electron chi connectivity index (χ0n) is 11.6. The van der Waals surface area contributed by atoms with E-state index in [0.717, 1.165) is 37.3 Å². The van der Waals surface area contributed by atoms with Gasteiger partial charge in [0, 0.05) is 20.1 Å². The second kappa shape index (κ2) is 6.41. The lowest BCUT2D eigenvalue weighted by Crippen LogP contribution is -2.43. The molecule has 1 aromatic rings. The van der Waals surface area contributed by atoms with Crippen LogP contribution in [0, 0.1) is 0 Å². The molecule has 5 heteroatoms. The van der Waals surface area contributed by atoms with Crippen LogP contribution in [-0.4, -0.2) is 42.0 Å². The van der Waals surface area contributed by atoms with E-state index in [2.05, 4.69) is 15.6 Å². The molecule has 1 aliphatic rings. The van der Waals surface area contributed by atoms with E-state index in [0.29, 0.717) is 0 Å². The number of carbonyl (C=O) groups excluding carboxylic acids is 1. The average molecular weight is 262 g/mol. The van der Waals surface area contributed by atoms with Gasteiger partial charge in [-0.1, -0.05) is 0 Å². The highest BCUT2D eigenvalue weighted by Crippen LogP contribution is 2.15. The van der Waals surface area contributed by atoms with Gasteiger partial charge < -0.3 is 15.5 Å². The van der Waals surface area contributed by atoms with Gasteiger partial charge in [-0.05, 0) is 32.3 Å². The van der Waals surface area contributed by atoms with E-state index < -0.39 is 0 Å². The van der Waals surface area contributed by atoms with Gasteiger partial charge in [0.2, 0.25) is 5.91 Å². The molecule has 2 N–H and O–H groups in total. The fourth-order valence-corrected chi connectivity index (χ4v) is 2.36. The summed E-state index contributed by atoms with van der Waals surface area (Å²) in [6.45, 7) is 3.68. The first-order valence-electron chi connectivity index (χ1n) is 6.89. The Hall–Kier alpha value is -1.78. The van der Waals surface area contributed by atoms with Crippen molar-refractivity contribution in [2.75, 3.05) is 30.8 Å².